The Morgan fingerprint density at radius 2 is 1.90 bits per heavy atom. The van der Waals surface area contributed by atoms with Crippen LogP contribution in [0.2, 0.25) is 0 Å². The van der Waals surface area contributed by atoms with Crippen LogP contribution in [0.1, 0.15) is 39.2 Å². The number of fused-ring (bicyclic) bond motifs is 1. The Bertz CT molecular complexity index is 1030. The minimum atomic E-state index is -0.0488. The number of ether oxygens (including phenoxy) is 1. The molecule has 30 heavy (non-hydrogen) atoms. The number of hydrogen-bond acceptors (Lipinski definition) is 4. The van der Waals surface area contributed by atoms with Gasteiger partial charge in [0.25, 0.3) is 5.91 Å². The van der Waals surface area contributed by atoms with Crippen molar-refractivity contribution in [1.29, 1.82) is 0 Å². The van der Waals surface area contributed by atoms with E-state index in [1.165, 1.54) is 16.8 Å². The highest BCUT2D eigenvalue weighted by Gasteiger charge is 2.30. The maximum absolute atomic E-state index is 12.7. The van der Waals surface area contributed by atoms with Crippen LogP contribution in [-0.4, -0.2) is 53.1 Å². The normalized spacial score (nSPS) is 19.6. The predicted octanol–water partition coefficient (Wildman–Crippen LogP) is 3.47. The third kappa shape index (κ3) is 3.68. The molecule has 0 aliphatic carbocycles. The topological polar surface area (TPSA) is 50.9 Å². The zero-order valence-electron chi connectivity index (χ0n) is 17.3. The molecular weight excluding hydrogens is 378 g/mol. The summed E-state index contributed by atoms with van der Waals surface area (Å²) in [5.41, 5.74) is 3.83. The lowest BCUT2D eigenvalue weighted by molar-refractivity contribution is 0.0280. The van der Waals surface area contributed by atoms with Crippen LogP contribution < -0.4 is 0 Å². The smallest absolute Gasteiger partial charge is 0.289 e. The molecule has 6 heteroatoms. The molecule has 1 atom stereocenters. The molecule has 2 aliphatic heterocycles. The number of carbonyl (C=O) groups excluding carboxylic acids is 1. The monoisotopic (exact) mass is 405 g/mol. The summed E-state index contributed by atoms with van der Waals surface area (Å²) in [5.74, 6) is 1.19. The lowest BCUT2D eigenvalue weighted by atomic mass is 9.98. The summed E-state index contributed by atoms with van der Waals surface area (Å²) in [5, 5.41) is 0. The average Bonchev–Trinajstić information content (AvgIpc) is 3.43. The molecule has 1 saturated heterocycles. The van der Waals surface area contributed by atoms with E-state index in [0.29, 0.717) is 38.6 Å². The molecule has 0 bridgehead atoms. The van der Waals surface area contributed by atoms with E-state index in [0.717, 1.165) is 18.8 Å². The van der Waals surface area contributed by atoms with Gasteiger partial charge in [0, 0.05) is 38.1 Å². The highest BCUT2D eigenvalue weighted by atomic mass is 16.5. The Morgan fingerprint density at radius 3 is 2.73 bits per heavy atom. The van der Waals surface area contributed by atoms with Crippen LogP contribution in [0.3, 0.4) is 0 Å². The molecule has 0 N–H and O–H groups in total. The van der Waals surface area contributed by atoms with Gasteiger partial charge in [-0.25, -0.2) is 0 Å². The van der Waals surface area contributed by atoms with Crippen LogP contribution in [0.5, 0.6) is 0 Å². The highest BCUT2D eigenvalue weighted by Crippen LogP contribution is 2.34. The number of aryl methyl sites for hydroxylation is 1. The first kappa shape index (κ1) is 19.2. The molecule has 0 saturated carbocycles. The van der Waals surface area contributed by atoms with E-state index in [9.17, 15) is 4.79 Å². The van der Waals surface area contributed by atoms with Gasteiger partial charge in [-0.3, -0.25) is 9.69 Å². The Morgan fingerprint density at radius 1 is 1.03 bits per heavy atom. The second-order valence-electron chi connectivity index (χ2n) is 8.08. The Kier molecular flexibility index (Phi) is 5.19. The first-order chi connectivity index (χ1) is 14.7. The van der Waals surface area contributed by atoms with Gasteiger partial charge >= 0.3 is 0 Å². The van der Waals surface area contributed by atoms with Crippen LogP contribution in [0.4, 0.5) is 0 Å². The van der Waals surface area contributed by atoms with Gasteiger partial charge in [-0.2, -0.15) is 0 Å². The summed E-state index contributed by atoms with van der Waals surface area (Å²) in [4.78, 5) is 17.0. The van der Waals surface area contributed by atoms with Crippen LogP contribution in [0, 0.1) is 6.92 Å². The fourth-order valence-electron chi connectivity index (χ4n) is 4.52. The fraction of sp³-hybridized carbons (Fsp3) is 0.375. The Hall–Kier alpha value is -2.83. The molecule has 3 aromatic rings. The Balaban J connectivity index is 1.38. The summed E-state index contributed by atoms with van der Waals surface area (Å²) >= 11 is 0. The molecule has 1 fully saturated rings. The van der Waals surface area contributed by atoms with E-state index in [1.807, 2.05) is 6.07 Å². The van der Waals surface area contributed by atoms with E-state index in [4.69, 9.17) is 9.15 Å². The molecule has 4 heterocycles. The molecule has 0 unspecified atom stereocenters. The van der Waals surface area contributed by atoms with Crippen LogP contribution in [-0.2, 0) is 17.8 Å². The standard InChI is InChI=1S/C24H27N3O3/c1-18-4-2-5-19(16-18)23-21-6-3-9-25(21)10-11-27(23)17-20-7-8-22(30-20)24(28)26-12-14-29-15-13-26/h2-9,16,23H,10-15,17H2,1H3/t23-/m1/s1. The molecule has 0 radical (unpaired) electrons. The van der Waals surface area contributed by atoms with Crippen molar-refractivity contribution >= 4 is 5.91 Å². The molecule has 2 aromatic heterocycles. The minimum Gasteiger partial charge on any atom is -0.455 e. The van der Waals surface area contributed by atoms with Crippen molar-refractivity contribution in [1.82, 2.24) is 14.4 Å². The molecule has 6 nitrogen and oxygen atoms in total. The van der Waals surface area contributed by atoms with E-state index in [2.05, 4.69) is 59.0 Å². The van der Waals surface area contributed by atoms with Crippen molar-refractivity contribution < 1.29 is 13.9 Å². The van der Waals surface area contributed by atoms with Crippen molar-refractivity contribution in [3.8, 4) is 0 Å². The summed E-state index contributed by atoms with van der Waals surface area (Å²) < 4.78 is 13.7. The van der Waals surface area contributed by atoms with E-state index >= 15 is 0 Å². The molecule has 0 spiro atoms. The zero-order chi connectivity index (χ0) is 20.5. The van der Waals surface area contributed by atoms with Gasteiger partial charge in [-0.05, 0) is 36.8 Å². The Labute approximate surface area is 176 Å². The summed E-state index contributed by atoms with van der Waals surface area (Å²) in [7, 11) is 0. The number of furan rings is 1. The number of benzene rings is 1. The maximum atomic E-state index is 12.7. The number of nitrogens with zero attached hydrogens (tertiary/aromatic N) is 3. The van der Waals surface area contributed by atoms with Gasteiger partial charge in [0.05, 0.1) is 25.8 Å². The quantitative estimate of drug-likeness (QED) is 0.667. The second-order valence-corrected chi connectivity index (χ2v) is 8.08. The lowest BCUT2D eigenvalue weighted by Crippen LogP contribution is -2.40. The van der Waals surface area contributed by atoms with E-state index in [-0.39, 0.29) is 11.9 Å². The SMILES string of the molecule is Cc1cccc([C@@H]2c3cccn3CCN2Cc2ccc(C(=O)N3CCOCC3)o2)c1. The largest absolute Gasteiger partial charge is 0.455 e. The number of hydrogen-bond donors (Lipinski definition) is 0. The second kappa shape index (κ2) is 8.13. The predicted molar refractivity (Wildman–Crippen MR) is 113 cm³/mol. The van der Waals surface area contributed by atoms with Crippen LogP contribution >= 0.6 is 0 Å². The summed E-state index contributed by atoms with van der Waals surface area (Å²) in [6.07, 6.45) is 2.15. The highest BCUT2D eigenvalue weighted by molar-refractivity contribution is 5.91. The zero-order valence-corrected chi connectivity index (χ0v) is 17.3. The van der Waals surface area contributed by atoms with Gasteiger partial charge < -0.3 is 18.6 Å². The van der Waals surface area contributed by atoms with Gasteiger partial charge in [0.15, 0.2) is 5.76 Å². The molecule has 1 aromatic carbocycles. The van der Waals surface area contributed by atoms with Gasteiger partial charge in [-0.15, -0.1) is 0 Å². The number of carbonyl (C=O) groups is 1. The lowest BCUT2D eigenvalue weighted by Gasteiger charge is -2.37. The summed E-state index contributed by atoms with van der Waals surface area (Å²) in [6, 6.07) is 16.9. The molecule has 2 aliphatic rings. The molecule has 156 valence electrons. The van der Waals surface area contributed by atoms with E-state index < -0.39 is 0 Å². The van der Waals surface area contributed by atoms with Gasteiger partial charge in [0.1, 0.15) is 5.76 Å². The third-order valence-electron chi connectivity index (χ3n) is 6.03. The third-order valence-corrected chi connectivity index (χ3v) is 6.03. The van der Waals surface area contributed by atoms with Crippen molar-refractivity contribution in [3.05, 3.63) is 83.1 Å². The number of rotatable bonds is 4. The van der Waals surface area contributed by atoms with Gasteiger partial charge in [-0.1, -0.05) is 29.8 Å². The minimum absolute atomic E-state index is 0.0488. The number of morpholine rings is 1. The van der Waals surface area contributed by atoms with Crippen LogP contribution in [0.15, 0.2) is 59.1 Å². The molecule has 1 amide bonds. The molecule has 5 rings (SSSR count). The van der Waals surface area contributed by atoms with Crippen molar-refractivity contribution in [2.45, 2.75) is 26.1 Å². The first-order valence-electron chi connectivity index (χ1n) is 10.6. The average molecular weight is 405 g/mol. The van der Waals surface area contributed by atoms with Crippen LogP contribution in [0.25, 0.3) is 0 Å². The maximum Gasteiger partial charge on any atom is 0.289 e. The number of aromatic nitrogens is 1. The van der Waals surface area contributed by atoms with E-state index in [1.54, 1.807) is 11.0 Å². The van der Waals surface area contributed by atoms with Crippen molar-refractivity contribution in [2.75, 3.05) is 32.8 Å². The molecular formula is C24H27N3O3. The van der Waals surface area contributed by atoms with Gasteiger partial charge in [0.2, 0.25) is 0 Å². The fourth-order valence-corrected chi connectivity index (χ4v) is 4.52. The summed E-state index contributed by atoms with van der Waals surface area (Å²) in [6.45, 7) is 7.08. The van der Waals surface area contributed by atoms with Crippen molar-refractivity contribution in [2.24, 2.45) is 0 Å². The van der Waals surface area contributed by atoms with Crippen molar-refractivity contribution in [3.63, 3.8) is 0 Å². The number of amides is 1. The first-order valence-corrected chi connectivity index (χ1v) is 10.6.